The predicted molar refractivity (Wildman–Crippen MR) is 97.3 cm³/mol. The molecule has 0 aliphatic rings. The summed E-state index contributed by atoms with van der Waals surface area (Å²) >= 11 is 6.11. The van der Waals surface area contributed by atoms with E-state index in [1.807, 2.05) is 36.4 Å². The number of amides is 2. The molecular weight excluding hydrogens is 338 g/mol. The minimum absolute atomic E-state index is 0.217. The molecule has 3 rings (SSSR count). The van der Waals surface area contributed by atoms with E-state index >= 15 is 0 Å². The highest BCUT2D eigenvalue weighted by Crippen LogP contribution is 2.17. The Morgan fingerprint density at radius 3 is 2.52 bits per heavy atom. The van der Waals surface area contributed by atoms with Crippen LogP contribution in [0.25, 0.3) is 10.9 Å². The quantitative estimate of drug-likeness (QED) is 0.739. The number of nitrogens with zero attached hydrogens (tertiary/aromatic N) is 1. The van der Waals surface area contributed by atoms with Gasteiger partial charge < -0.3 is 11.1 Å². The first-order chi connectivity index (χ1) is 12.0. The zero-order valence-electron chi connectivity index (χ0n) is 13.3. The lowest BCUT2D eigenvalue weighted by atomic mass is 10.1. The molecule has 0 fully saturated rings. The molecule has 25 heavy (non-hydrogen) atoms. The summed E-state index contributed by atoms with van der Waals surface area (Å²) in [4.78, 5) is 28.5. The summed E-state index contributed by atoms with van der Waals surface area (Å²) in [5.41, 5.74) is 7.10. The highest BCUT2D eigenvalue weighted by molar-refractivity contribution is 6.31. The van der Waals surface area contributed by atoms with Crippen LogP contribution < -0.4 is 11.1 Å². The van der Waals surface area contributed by atoms with Crippen molar-refractivity contribution in [3.63, 3.8) is 0 Å². The second-order valence-electron chi connectivity index (χ2n) is 5.61. The van der Waals surface area contributed by atoms with Crippen LogP contribution in [0, 0.1) is 0 Å². The molecule has 1 aromatic heterocycles. The number of pyridine rings is 1. The number of fused-ring (bicyclic) bond motifs is 1. The molecule has 0 aliphatic carbocycles. The molecule has 3 N–H and O–H groups in total. The Morgan fingerprint density at radius 2 is 1.76 bits per heavy atom. The molecule has 5 nitrogen and oxygen atoms in total. The van der Waals surface area contributed by atoms with Gasteiger partial charge in [-0.15, -0.1) is 0 Å². The Balaban J connectivity index is 1.80. The average molecular weight is 354 g/mol. The van der Waals surface area contributed by atoms with Gasteiger partial charge in [-0.2, -0.15) is 0 Å². The molecule has 0 radical (unpaired) electrons. The van der Waals surface area contributed by atoms with Gasteiger partial charge >= 0.3 is 0 Å². The van der Waals surface area contributed by atoms with E-state index in [1.54, 1.807) is 24.3 Å². The molecule has 0 aliphatic heterocycles. The van der Waals surface area contributed by atoms with Crippen molar-refractivity contribution in [3.8, 4) is 0 Å². The normalized spacial score (nSPS) is 11.9. The number of halogens is 1. The Bertz CT molecular complexity index is 943. The lowest BCUT2D eigenvalue weighted by Crippen LogP contribution is -2.46. The van der Waals surface area contributed by atoms with Crippen LogP contribution in [0.5, 0.6) is 0 Å². The molecule has 0 spiro atoms. The van der Waals surface area contributed by atoms with Gasteiger partial charge in [0.05, 0.1) is 5.52 Å². The largest absolute Gasteiger partial charge is 0.368 e. The molecule has 0 saturated carbocycles. The van der Waals surface area contributed by atoms with E-state index in [0.717, 1.165) is 10.9 Å². The van der Waals surface area contributed by atoms with Crippen molar-refractivity contribution < 1.29 is 9.59 Å². The van der Waals surface area contributed by atoms with Gasteiger partial charge in [-0.05, 0) is 23.8 Å². The van der Waals surface area contributed by atoms with Gasteiger partial charge in [-0.25, -0.2) is 4.98 Å². The van der Waals surface area contributed by atoms with Gasteiger partial charge in [-0.3, -0.25) is 9.59 Å². The Hall–Kier alpha value is -2.92. The van der Waals surface area contributed by atoms with Crippen LogP contribution in [0.2, 0.25) is 5.02 Å². The summed E-state index contributed by atoms with van der Waals surface area (Å²) in [6.07, 6.45) is 0.217. The number of nitrogens with two attached hydrogens (primary N) is 1. The van der Waals surface area contributed by atoms with E-state index in [1.165, 1.54) is 0 Å². The standard InChI is InChI=1S/C19H16ClN3O2/c20-14-7-3-1-6-13(14)11-17(18(21)24)23-19(25)16-10-9-12-5-2-4-8-15(12)22-16/h1-10,17H,11H2,(H2,21,24)(H,23,25)/t17-/m0/s1. The maximum absolute atomic E-state index is 12.5. The number of nitrogens with one attached hydrogen (secondary N) is 1. The Morgan fingerprint density at radius 1 is 1.04 bits per heavy atom. The van der Waals surface area contributed by atoms with Crippen LogP contribution in [0.3, 0.4) is 0 Å². The molecule has 1 heterocycles. The molecule has 2 aromatic carbocycles. The summed E-state index contributed by atoms with van der Waals surface area (Å²) in [7, 11) is 0. The van der Waals surface area contributed by atoms with Crippen molar-refractivity contribution >= 4 is 34.3 Å². The van der Waals surface area contributed by atoms with Crippen molar-refractivity contribution in [1.82, 2.24) is 10.3 Å². The van der Waals surface area contributed by atoms with Crippen LogP contribution in [-0.4, -0.2) is 22.8 Å². The first-order valence-corrected chi connectivity index (χ1v) is 8.12. The van der Waals surface area contributed by atoms with Gasteiger partial charge in [0, 0.05) is 16.8 Å². The minimum Gasteiger partial charge on any atom is -0.368 e. The zero-order valence-corrected chi connectivity index (χ0v) is 14.0. The average Bonchev–Trinajstić information content (AvgIpc) is 2.62. The Kier molecular flexibility index (Phi) is 4.95. The number of para-hydroxylation sites is 1. The van der Waals surface area contributed by atoms with Gasteiger partial charge in [-0.1, -0.05) is 54.1 Å². The van der Waals surface area contributed by atoms with Crippen LogP contribution in [0.1, 0.15) is 16.1 Å². The van der Waals surface area contributed by atoms with Gasteiger partial charge in [0.2, 0.25) is 5.91 Å². The maximum Gasteiger partial charge on any atom is 0.270 e. The summed E-state index contributed by atoms with van der Waals surface area (Å²) in [5.74, 6) is -1.09. The van der Waals surface area contributed by atoms with Crippen LogP contribution in [0.4, 0.5) is 0 Å². The lowest BCUT2D eigenvalue weighted by Gasteiger charge is -2.16. The number of hydrogen-bond acceptors (Lipinski definition) is 3. The summed E-state index contributed by atoms with van der Waals surface area (Å²) < 4.78 is 0. The molecule has 0 bridgehead atoms. The number of hydrogen-bond donors (Lipinski definition) is 2. The third-order valence-electron chi connectivity index (χ3n) is 3.86. The Labute approximate surface area is 149 Å². The van der Waals surface area contributed by atoms with Crippen LogP contribution >= 0.6 is 11.6 Å². The van der Waals surface area contributed by atoms with E-state index in [2.05, 4.69) is 10.3 Å². The van der Waals surface area contributed by atoms with Crippen molar-refractivity contribution in [1.29, 1.82) is 0 Å². The minimum atomic E-state index is -0.874. The number of carbonyl (C=O) groups is 2. The van der Waals surface area contributed by atoms with Crippen molar-refractivity contribution in [2.45, 2.75) is 12.5 Å². The van der Waals surface area contributed by atoms with Crippen LogP contribution in [0.15, 0.2) is 60.7 Å². The maximum atomic E-state index is 12.5. The smallest absolute Gasteiger partial charge is 0.270 e. The zero-order chi connectivity index (χ0) is 17.8. The number of benzene rings is 2. The molecule has 126 valence electrons. The number of primary amides is 1. The lowest BCUT2D eigenvalue weighted by molar-refractivity contribution is -0.119. The number of carbonyl (C=O) groups excluding carboxylic acids is 2. The van der Waals surface area contributed by atoms with E-state index in [4.69, 9.17) is 17.3 Å². The fraction of sp³-hybridized carbons (Fsp3) is 0.105. The second-order valence-corrected chi connectivity index (χ2v) is 6.02. The fourth-order valence-corrected chi connectivity index (χ4v) is 2.74. The number of aromatic nitrogens is 1. The third kappa shape index (κ3) is 3.95. The first kappa shape index (κ1) is 16.9. The third-order valence-corrected chi connectivity index (χ3v) is 4.23. The van der Waals surface area contributed by atoms with Gasteiger partial charge in [0.15, 0.2) is 0 Å². The van der Waals surface area contributed by atoms with Crippen molar-refractivity contribution in [2.24, 2.45) is 5.73 Å². The van der Waals surface area contributed by atoms with E-state index in [0.29, 0.717) is 10.5 Å². The molecule has 0 unspecified atom stereocenters. The summed E-state index contributed by atoms with van der Waals surface area (Å²) in [6, 6.07) is 17.2. The first-order valence-electron chi connectivity index (χ1n) is 7.74. The highest BCUT2D eigenvalue weighted by Gasteiger charge is 2.21. The van der Waals surface area contributed by atoms with Gasteiger partial charge in [0.25, 0.3) is 5.91 Å². The highest BCUT2D eigenvalue weighted by atomic mass is 35.5. The molecule has 1 atom stereocenters. The van der Waals surface area contributed by atoms with E-state index in [9.17, 15) is 9.59 Å². The topological polar surface area (TPSA) is 85.1 Å². The van der Waals surface area contributed by atoms with Crippen LogP contribution in [-0.2, 0) is 11.2 Å². The fourth-order valence-electron chi connectivity index (χ4n) is 2.53. The monoisotopic (exact) mass is 353 g/mol. The summed E-state index contributed by atoms with van der Waals surface area (Å²) in [6.45, 7) is 0. The molecule has 6 heteroatoms. The predicted octanol–water partition coefficient (Wildman–Crippen LogP) is 2.71. The molecule has 3 aromatic rings. The second kappa shape index (κ2) is 7.32. The van der Waals surface area contributed by atoms with Crippen molar-refractivity contribution in [3.05, 3.63) is 76.9 Å². The molecule has 2 amide bonds. The molecule has 0 saturated heterocycles. The molecular formula is C19H16ClN3O2. The SMILES string of the molecule is NC(=O)[C@H](Cc1ccccc1Cl)NC(=O)c1ccc2ccccc2n1. The van der Waals surface area contributed by atoms with E-state index in [-0.39, 0.29) is 12.1 Å². The van der Waals surface area contributed by atoms with Crippen molar-refractivity contribution in [2.75, 3.05) is 0 Å². The van der Waals surface area contributed by atoms with E-state index < -0.39 is 17.9 Å². The summed E-state index contributed by atoms with van der Waals surface area (Å²) in [5, 5.41) is 4.09. The number of rotatable bonds is 5. The van der Waals surface area contributed by atoms with Gasteiger partial charge in [0.1, 0.15) is 11.7 Å².